The third-order valence-electron chi connectivity index (χ3n) is 6.10. The van der Waals surface area contributed by atoms with E-state index in [4.69, 9.17) is 0 Å². The van der Waals surface area contributed by atoms with Gasteiger partial charge >= 0.3 is 0 Å². The summed E-state index contributed by atoms with van der Waals surface area (Å²) in [5, 5.41) is 2.88. The molecule has 0 spiro atoms. The lowest BCUT2D eigenvalue weighted by Crippen LogP contribution is -2.40. The molecule has 1 amide bonds. The summed E-state index contributed by atoms with van der Waals surface area (Å²) in [6.45, 7) is 5.40. The first-order valence-corrected chi connectivity index (χ1v) is 13.0. The Kier molecular flexibility index (Phi) is 8.67. The molecular formula is C25H34N2O3S. The first-order valence-electron chi connectivity index (χ1n) is 11.2. The Hall–Kier alpha value is -2.18. The summed E-state index contributed by atoms with van der Waals surface area (Å²) >= 11 is 0. The second-order valence-electron chi connectivity index (χ2n) is 8.59. The standard InChI is InChI=1S/C25H34N2O3S/c1-21-7-5-6-10-24(21)20-31(29,30)18-13-25(28)26-14-17-27-15-11-23(12-16-27)19-22-8-3-2-4-9-22/h2-10,23H,11-20H2,1H3,(H,26,28). The lowest BCUT2D eigenvalue weighted by molar-refractivity contribution is -0.120. The number of likely N-dealkylation sites (tertiary alicyclic amines) is 1. The fourth-order valence-electron chi connectivity index (χ4n) is 4.13. The van der Waals surface area contributed by atoms with Gasteiger partial charge in [-0.25, -0.2) is 8.42 Å². The number of carbonyl (C=O) groups excluding carboxylic acids is 1. The smallest absolute Gasteiger partial charge is 0.221 e. The SMILES string of the molecule is Cc1ccccc1CS(=O)(=O)CCC(=O)NCCN1CCC(Cc2ccccc2)CC1. The van der Waals surface area contributed by atoms with Crippen molar-refractivity contribution in [1.82, 2.24) is 10.2 Å². The van der Waals surface area contributed by atoms with Crippen LogP contribution in [0.3, 0.4) is 0 Å². The summed E-state index contributed by atoms with van der Waals surface area (Å²) in [7, 11) is -3.30. The summed E-state index contributed by atoms with van der Waals surface area (Å²) in [6, 6.07) is 18.1. The molecule has 0 unspecified atom stereocenters. The minimum absolute atomic E-state index is 0.00905. The second-order valence-corrected chi connectivity index (χ2v) is 10.8. The zero-order valence-corrected chi connectivity index (χ0v) is 19.2. The van der Waals surface area contributed by atoms with Gasteiger partial charge in [-0.3, -0.25) is 4.79 Å². The highest BCUT2D eigenvalue weighted by Gasteiger charge is 2.20. The van der Waals surface area contributed by atoms with Crippen molar-refractivity contribution in [3.05, 3.63) is 71.3 Å². The molecule has 1 N–H and O–H groups in total. The van der Waals surface area contributed by atoms with Gasteiger partial charge in [0.2, 0.25) is 5.91 Å². The van der Waals surface area contributed by atoms with E-state index in [1.165, 1.54) is 18.4 Å². The van der Waals surface area contributed by atoms with Crippen molar-refractivity contribution in [3.63, 3.8) is 0 Å². The van der Waals surface area contributed by atoms with E-state index in [0.717, 1.165) is 43.1 Å². The molecule has 6 heteroatoms. The van der Waals surface area contributed by atoms with Crippen LogP contribution in [-0.4, -0.2) is 51.2 Å². The number of nitrogens with one attached hydrogen (secondary N) is 1. The Morgan fingerprint density at radius 1 is 1.03 bits per heavy atom. The van der Waals surface area contributed by atoms with E-state index >= 15 is 0 Å². The molecule has 0 atom stereocenters. The van der Waals surface area contributed by atoms with Gasteiger partial charge in [-0.05, 0) is 61.9 Å². The highest BCUT2D eigenvalue weighted by atomic mass is 32.2. The van der Waals surface area contributed by atoms with Crippen molar-refractivity contribution in [1.29, 1.82) is 0 Å². The maximum absolute atomic E-state index is 12.4. The maximum Gasteiger partial charge on any atom is 0.221 e. The normalized spacial score (nSPS) is 15.6. The quantitative estimate of drug-likeness (QED) is 0.613. The topological polar surface area (TPSA) is 66.5 Å². The number of benzene rings is 2. The second kappa shape index (κ2) is 11.4. The number of amides is 1. The summed E-state index contributed by atoms with van der Waals surface area (Å²) in [6.07, 6.45) is 3.52. The minimum atomic E-state index is -3.30. The Morgan fingerprint density at radius 3 is 2.42 bits per heavy atom. The Bertz CT molecular complexity index is 936. The fraction of sp³-hybridized carbons (Fsp3) is 0.480. The van der Waals surface area contributed by atoms with Crippen LogP contribution in [0.1, 0.15) is 36.0 Å². The van der Waals surface area contributed by atoms with E-state index in [0.29, 0.717) is 6.54 Å². The van der Waals surface area contributed by atoms with Crippen LogP contribution in [0.5, 0.6) is 0 Å². The average Bonchev–Trinajstić information content (AvgIpc) is 2.76. The van der Waals surface area contributed by atoms with Gasteiger partial charge in [0, 0.05) is 19.5 Å². The molecule has 31 heavy (non-hydrogen) atoms. The Morgan fingerprint density at radius 2 is 1.71 bits per heavy atom. The average molecular weight is 443 g/mol. The highest BCUT2D eigenvalue weighted by Crippen LogP contribution is 2.21. The van der Waals surface area contributed by atoms with Crippen molar-refractivity contribution < 1.29 is 13.2 Å². The van der Waals surface area contributed by atoms with Gasteiger partial charge in [0.05, 0.1) is 11.5 Å². The van der Waals surface area contributed by atoms with Crippen LogP contribution in [-0.2, 0) is 26.8 Å². The number of rotatable bonds is 10. The predicted octanol–water partition coefficient (Wildman–Crippen LogP) is 3.37. The molecule has 5 nitrogen and oxygen atoms in total. The monoisotopic (exact) mass is 442 g/mol. The number of carbonyl (C=O) groups is 1. The summed E-state index contributed by atoms with van der Waals surface area (Å²) in [5.74, 6) is 0.419. The first kappa shape index (κ1) is 23.5. The molecule has 0 bridgehead atoms. The van der Waals surface area contributed by atoms with Crippen molar-refractivity contribution in [3.8, 4) is 0 Å². The van der Waals surface area contributed by atoms with E-state index in [1.54, 1.807) is 0 Å². The summed E-state index contributed by atoms with van der Waals surface area (Å²) in [4.78, 5) is 14.5. The first-order chi connectivity index (χ1) is 14.9. The van der Waals surface area contributed by atoms with Crippen LogP contribution >= 0.6 is 0 Å². The van der Waals surface area contributed by atoms with Crippen LogP contribution in [0.15, 0.2) is 54.6 Å². The van der Waals surface area contributed by atoms with Gasteiger partial charge in [0.1, 0.15) is 0 Å². The lowest BCUT2D eigenvalue weighted by atomic mass is 9.90. The van der Waals surface area contributed by atoms with E-state index in [-0.39, 0.29) is 23.8 Å². The molecule has 1 saturated heterocycles. The highest BCUT2D eigenvalue weighted by molar-refractivity contribution is 7.90. The van der Waals surface area contributed by atoms with Crippen LogP contribution < -0.4 is 5.32 Å². The number of hydrogen-bond acceptors (Lipinski definition) is 4. The van der Waals surface area contributed by atoms with Gasteiger partial charge in [0.25, 0.3) is 0 Å². The van der Waals surface area contributed by atoms with Crippen molar-refractivity contribution in [2.75, 3.05) is 31.9 Å². The number of hydrogen-bond donors (Lipinski definition) is 1. The van der Waals surface area contributed by atoms with Crippen molar-refractivity contribution in [2.45, 2.75) is 38.4 Å². The van der Waals surface area contributed by atoms with Gasteiger partial charge in [0.15, 0.2) is 9.84 Å². The number of sulfone groups is 1. The van der Waals surface area contributed by atoms with Crippen molar-refractivity contribution >= 4 is 15.7 Å². The number of aryl methyl sites for hydroxylation is 1. The van der Waals surface area contributed by atoms with Gasteiger partial charge in [-0.1, -0.05) is 54.6 Å². The number of nitrogens with zero attached hydrogens (tertiary/aromatic N) is 1. The van der Waals surface area contributed by atoms with E-state index in [1.807, 2.05) is 31.2 Å². The van der Waals surface area contributed by atoms with Gasteiger partial charge < -0.3 is 10.2 Å². The molecule has 1 aliphatic heterocycles. The van der Waals surface area contributed by atoms with Crippen molar-refractivity contribution in [2.24, 2.45) is 5.92 Å². The zero-order chi connectivity index (χ0) is 22.1. The molecule has 0 radical (unpaired) electrons. The third-order valence-corrected chi connectivity index (χ3v) is 7.68. The lowest BCUT2D eigenvalue weighted by Gasteiger charge is -2.32. The number of piperidine rings is 1. The van der Waals surface area contributed by atoms with Crippen LogP contribution in [0.2, 0.25) is 0 Å². The fourth-order valence-corrected chi connectivity index (χ4v) is 5.57. The summed E-state index contributed by atoms with van der Waals surface area (Å²) < 4.78 is 24.7. The van der Waals surface area contributed by atoms with E-state index in [9.17, 15) is 13.2 Å². The van der Waals surface area contributed by atoms with Gasteiger partial charge in [-0.15, -0.1) is 0 Å². The predicted molar refractivity (Wildman–Crippen MR) is 126 cm³/mol. The molecular weight excluding hydrogens is 408 g/mol. The molecule has 0 saturated carbocycles. The zero-order valence-electron chi connectivity index (χ0n) is 18.4. The maximum atomic E-state index is 12.4. The van der Waals surface area contributed by atoms with E-state index < -0.39 is 9.84 Å². The Labute approximate surface area is 186 Å². The molecule has 0 aliphatic carbocycles. The largest absolute Gasteiger partial charge is 0.355 e. The van der Waals surface area contributed by atoms with Gasteiger partial charge in [-0.2, -0.15) is 0 Å². The molecule has 3 rings (SSSR count). The summed E-state index contributed by atoms with van der Waals surface area (Å²) in [5.41, 5.74) is 3.17. The van der Waals surface area contributed by atoms with Crippen LogP contribution in [0.4, 0.5) is 0 Å². The molecule has 1 aliphatic rings. The third kappa shape index (κ3) is 8.11. The Balaban J connectivity index is 1.30. The molecule has 1 fully saturated rings. The molecule has 168 valence electrons. The molecule has 0 aromatic heterocycles. The molecule has 2 aromatic rings. The van der Waals surface area contributed by atoms with E-state index in [2.05, 4.69) is 40.5 Å². The molecule has 1 heterocycles. The minimum Gasteiger partial charge on any atom is -0.355 e. The molecule has 2 aromatic carbocycles. The van der Waals surface area contributed by atoms with Crippen LogP contribution in [0, 0.1) is 12.8 Å². The van der Waals surface area contributed by atoms with Crippen LogP contribution in [0.25, 0.3) is 0 Å².